The number of ether oxygens (including phenoxy) is 2. The molecule has 0 fully saturated rings. The van der Waals surface area contributed by atoms with Gasteiger partial charge in [0, 0.05) is 5.56 Å². The minimum absolute atomic E-state index is 0.0737. The van der Waals surface area contributed by atoms with Gasteiger partial charge in [0.1, 0.15) is 5.56 Å². The van der Waals surface area contributed by atoms with E-state index in [9.17, 15) is 9.59 Å². The lowest BCUT2D eigenvalue weighted by atomic mass is 10.0. The van der Waals surface area contributed by atoms with Crippen LogP contribution in [-0.2, 0) is 9.47 Å². The Kier molecular flexibility index (Phi) is 5.35. The maximum atomic E-state index is 12.7. The monoisotopic (exact) mass is 364 g/mol. The van der Waals surface area contributed by atoms with Crippen LogP contribution in [0.25, 0.3) is 16.9 Å². The number of nitrogens with zero attached hydrogens (tertiary/aromatic N) is 2. The number of methoxy groups -OCH3 is 1. The van der Waals surface area contributed by atoms with Gasteiger partial charge in [-0.1, -0.05) is 48.0 Å². The Morgan fingerprint density at radius 3 is 2.26 bits per heavy atom. The summed E-state index contributed by atoms with van der Waals surface area (Å²) in [7, 11) is 1.25. The van der Waals surface area contributed by atoms with Crippen molar-refractivity contribution in [2.75, 3.05) is 13.7 Å². The number of aromatic nitrogens is 2. The van der Waals surface area contributed by atoms with Crippen molar-refractivity contribution >= 4 is 11.9 Å². The molecule has 0 unspecified atom stereocenters. The first-order valence-corrected chi connectivity index (χ1v) is 8.57. The third kappa shape index (κ3) is 3.60. The first kappa shape index (κ1) is 18.4. The van der Waals surface area contributed by atoms with Crippen molar-refractivity contribution in [3.8, 4) is 16.9 Å². The average Bonchev–Trinajstić information content (AvgIpc) is 3.09. The Morgan fingerprint density at radius 1 is 1.00 bits per heavy atom. The van der Waals surface area contributed by atoms with Gasteiger partial charge >= 0.3 is 11.9 Å². The second-order valence-electron chi connectivity index (χ2n) is 5.90. The molecular weight excluding hydrogens is 344 g/mol. The largest absolute Gasteiger partial charge is 0.464 e. The van der Waals surface area contributed by atoms with Crippen LogP contribution in [0.2, 0.25) is 0 Å². The van der Waals surface area contributed by atoms with E-state index in [2.05, 4.69) is 5.10 Å². The second-order valence-corrected chi connectivity index (χ2v) is 5.90. The fraction of sp³-hybridized carbons (Fsp3) is 0.190. The Balaban J connectivity index is 2.33. The summed E-state index contributed by atoms with van der Waals surface area (Å²) in [6.45, 7) is 3.88. The molecule has 6 nitrogen and oxygen atoms in total. The fourth-order valence-corrected chi connectivity index (χ4v) is 2.79. The lowest BCUT2D eigenvalue weighted by molar-refractivity contribution is 0.0503. The first-order valence-electron chi connectivity index (χ1n) is 8.57. The van der Waals surface area contributed by atoms with E-state index >= 15 is 0 Å². The Bertz CT molecular complexity index is 960. The quantitative estimate of drug-likeness (QED) is 0.644. The van der Waals surface area contributed by atoms with Crippen LogP contribution >= 0.6 is 0 Å². The molecule has 0 aliphatic rings. The number of benzene rings is 2. The van der Waals surface area contributed by atoms with Crippen molar-refractivity contribution < 1.29 is 19.1 Å². The number of hydrogen-bond acceptors (Lipinski definition) is 5. The highest BCUT2D eigenvalue weighted by Crippen LogP contribution is 2.30. The van der Waals surface area contributed by atoms with Crippen molar-refractivity contribution in [3.05, 3.63) is 71.4 Å². The van der Waals surface area contributed by atoms with Crippen molar-refractivity contribution in [1.82, 2.24) is 9.78 Å². The zero-order valence-corrected chi connectivity index (χ0v) is 15.4. The molecule has 0 aliphatic heterocycles. The summed E-state index contributed by atoms with van der Waals surface area (Å²) in [5, 5.41) is 4.40. The minimum atomic E-state index is -0.693. The second kappa shape index (κ2) is 7.86. The molecule has 0 N–H and O–H groups in total. The molecule has 0 aliphatic carbocycles. The zero-order valence-electron chi connectivity index (χ0n) is 15.4. The lowest BCUT2D eigenvalue weighted by Crippen LogP contribution is -2.12. The van der Waals surface area contributed by atoms with Crippen LogP contribution in [0.3, 0.4) is 0 Å². The van der Waals surface area contributed by atoms with Gasteiger partial charge in [0.05, 0.1) is 25.1 Å². The Labute approximate surface area is 157 Å². The number of aryl methyl sites for hydroxylation is 1. The van der Waals surface area contributed by atoms with E-state index in [4.69, 9.17) is 9.47 Å². The van der Waals surface area contributed by atoms with Gasteiger partial charge in [-0.2, -0.15) is 5.10 Å². The summed E-state index contributed by atoms with van der Waals surface area (Å²) < 4.78 is 11.6. The molecule has 6 heteroatoms. The molecule has 1 aromatic heterocycles. The van der Waals surface area contributed by atoms with E-state index in [-0.39, 0.29) is 17.9 Å². The molecule has 0 bridgehead atoms. The number of carbonyl (C=O) groups is 2. The van der Waals surface area contributed by atoms with E-state index in [1.165, 1.54) is 7.11 Å². The van der Waals surface area contributed by atoms with E-state index in [0.717, 1.165) is 16.8 Å². The van der Waals surface area contributed by atoms with Gasteiger partial charge in [-0.25, -0.2) is 14.3 Å². The van der Waals surface area contributed by atoms with Crippen molar-refractivity contribution in [1.29, 1.82) is 0 Å². The number of carbonyl (C=O) groups excluding carboxylic acids is 2. The minimum Gasteiger partial charge on any atom is -0.464 e. The number of rotatable bonds is 5. The fourth-order valence-electron chi connectivity index (χ4n) is 2.79. The van der Waals surface area contributed by atoms with E-state index in [1.54, 1.807) is 11.6 Å². The molecular formula is C21H20N2O4. The highest BCUT2D eigenvalue weighted by Gasteiger charge is 2.30. The van der Waals surface area contributed by atoms with Gasteiger partial charge in [0.25, 0.3) is 0 Å². The van der Waals surface area contributed by atoms with Gasteiger partial charge in [-0.15, -0.1) is 0 Å². The van der Waals surface area contributed by atoms with Crippen molar-refractivity contribution in [2.45, 2.75) is 13.8 Å². The zero-order chi connectivity index (χ0) is 19.4. The van der Waals surface area contributed by atoms with Gasteiger partial charge in [0.15, 0.2) is 5.69 Å². The Hall–Kier alpha value is -3.41. The maximum absolute atomic E-state index is 12.7. The van der Waals surface area contributed by atoms with Crippen LogP contribution in [0.5, 0.6) is 0 Å². The predicted octanol–water partition coefficient (Wildman–Crippen LogP) is 3.81. The summed E-state index contributed by atoms with van der Waals surface area (Å²) in [6, 6.07) is 16.9. The van der Waals surface area contributed by atoms with Crippen LogP contribution < -0.4 is 0 Å². The van der Waals surface area contributed by atoms with Gasteiger partial charge in [-0.05, 0) is 26.0 Å². The van der Waals surface area contributed by atoms with E-state index in [1.807, 2.05) is 61.5 Å². The molecule has 0 atom stereocenters. The summed E-state index contributed by atoms with van der Waals surface area (Å²) in [5.41, 5.74) is 3.05. The molecule has 138 valence electrons. The number of hydrogen-bond donors (Lipinski definition) is 0. The highest BCUT2D eigenvalue weighted by molar-refractivity contribution is 6.06. The summed E-state index contributed by atoms with van der Waals surface area (Å²) in [4.78, 5) is 25.0. The molecule has 27 heavy (non-hydrogen) atoms. The van der Waals surface area contributed by atoms with Crippen LogP contribution in [0.4, 0.5) is 0 Å². The van der Waals surface area contributed by atoms with Gasteiger partial charge < -0.3 is 9.47 Å². The molecule has 0 amide bonds. The van der Waals surface area contributed by atoms with Crippen LogP contribution in [0, 0.1) is 6.92 Å². The summed E-state index contributed by atoms with van der Waals surface area (Å²) >= 11 is 0. The maximum Gasteiger partial charge on any atom is 0.359 e. The first-order chi connectivity index (χ1) is 13.1. The smallest absolute Gasteiger partial charge is 0.359 e. The molecule has 0 saturated carbocycles. The number of esters is 2. The molecule has 0 saturated heterocycles. The molecule has 3 rings (SSSR count). The van der Waals surface area contributed by atoms with Crippen molar-refractivity contribution in [2.24, 2.45) is 0 Å². The van der Waals surface area contributed by atoms with Crippen LogP contribution in [0.1, 0.15) is 33.3 Å². The molecule has 3 aromatic rings. The highest BCUT2D eigenvalue weighted by atomic mass is 16.5. The normalized spacial score (nSPS) is 10.5. The summed E-state index contributed by atoms with van der Waals surface area (Å²) in [6.07, 6.45) is 0. The van der Waals surface area contributed by atoms with Gasteiger partial charge in [0.2, 0.25) is 0 Å². The third-order valence-electron chi connectivity index (χ3n) is 4.07. The van der Waals surface area contributed by atoms with E-state index in [0.29, 0.717) is 5.69 Å². The molecule has 0 radical (unpaired) electrons. The van der Waals surface area contributed by atoms with Gasteiger partial charge in [-0.3, -0.25) is 0 Å². The van der Waals surface area contributed by atoms with Crippen molar-refractivity contribution in [3.63, 3.8) is 0 Å². The predicted molar refractivity (Wildman–Crippen MR) is 101 cm³/mol. The van der Waals surface area contributed by atoms with E-state index < -0.39 is 11.9 Å². The SMILES string of the molecule is CCOC(=O)c1c(C(=O)OC)nn(-c2ccc(C)cc2)c1-c1ccccc1. The van der Waals surface area contributed by atoms with Crippen LogP contribution in [-0.4, -0.2) is 35.4 Å². The topological polar surface area (TPSA) is 70.4 Å². The molecule has 0 spiro atoms. The third-order valence-corrected chi connectivity index (χ3v) is 4.07. The summed E-state index contributed by atoms with van der Waals surface area (Å²) in [5.74, 6) is -1.31. The Morgan fingerprint density at radius 2 is 1.67 bits per heavy atom. The molecule has 2 aromatic carbocycles. The average molecular weight is 364 g/mol. The van der Waals surface area contributed by atoms with Crippen LogP contribution in [0.15, 0.2) is 54.6 Å². The lowest BCUT2D eigenvalue weighted by Gasteiger charge is -2.10. The molecule has 1 heterocycles. The standard InChI is InChI=1S/C21H20N2O4/c1-4-27-20(24)17-18(21(25)26-3)22-23(16-12-10-14(2)11-13-16)19(17)15-8-6-5-7-9-15/h5-13H,4H2,1-3H3.